The highest BCUT2D eigenvalue weighted by Gasteiger charge is 2.50. The van der Waals surface area contributed by atoms with Gasteiger partial charge in [0, 0.05) is 11.3 Å². The first-order chi connectivity index (χ1) is 14.2. The molecular formula is C22H23F2N3O3. The molecule has 0 aromatic heterocycles. The van der Waals surface area contributed by atoms with Crippen LogP contribution in [0.1, 0.15) is 44.2 Å². The van der Waals surface area contributed by atoms with Crippen molar-refractivity contribution in [3.05, 3.63) is 65.2 Å². The second-order valence-corrected chi connectivity index (χ2v) is 7.52. The monoisotopic (exact) mass is 415 g/mol. The Balaban J connectivity index is 1.80. The van der Waals surface area contributed by atoms with E-state index in [-0.39, 0.29) is 11.5 Å². The Labute approximate surface area is 173 Å². The summed E-state index contributed by atoms with van der Waals surface area (Å²) in [5.41, 5.74) is -0.566. The van der Waals surface area contributed by atoms with Crippen molar-refractivity contribution in [1.29, 1.82) is 0 Å². The van der Waals surface area contributed by atoms with Crippen LogP contribution in [0, 0.1) is 11.6 Å². The van der Waals surface area contributed by atoms with Gasteiger partial charge in [-0.15, -0.1) is 0 Å². The molecular weight excluding hydrogens is 392 g/mol. The van der Waals surface area contributed by atoms with Crippen LogP contribution in [0.5, 0.6) is 0 Å². The van der Waals surface area contributed by atoms with E-state index < -0.39 is 41.6 Å². The number of benzene rings is 2. The zero-order valence-corrected chi connectivity index (χ0v) is 17.0. The van der Waals surface area contributed by atoms with Crippen LogP contribution in [0.2, 0.25) is 0 Å². The number of para-hydroxylation sites is 1. The maximum atomic E-state index is 14.2. The van der Waals surface area contributed by atoms with Crippen molar-refractivity contribution in [3.63, 3.8) is 0 Å². The number of urea groups is 1. The molecule has 30 heavy (non-hydrogen) atoms. The summed E-state index contributed by atoms with van der Waals surface area (Å²) in [5.74, 6) is -2.77. The Kier molecular flexibility index (Phi) is 5.87. The van der Waals surface area contributed by atoms with Gasteiger partial charge in [-0.05, 0) is 49.1 Å². The van der Waals surface area contributed by atoms with Gasteiger partial charge in [-0.3, -0.25) is 14.5 Å². The number of halogens is 2. The maximum absolute atomic E-state index is 14.2. The third kappa shape index (κ3) is 3.90. The first-order valence-corrected chi connectivity index (χ1v) is 9.65. The normalized spacial score (nSPS) is 19.6. The average molecular weight is 415 g/mol. The number of amides is 4. The maximum Gasteiger partial charge on any atom is 0.325 e. The lowest BCUT2D eigenvalue weighted by molar-refractivity contribution is -0.133. The molecule has 1 heterocycles. The van der Waals surface area contributed by atoms with Gasteiger partial charge in [-0.1, -0.05) is 32.0 Å². The number of rotatable bonds is 6. The highest BCUT2D eigenvalue weighted by atomic mass is 19.1. The average Bonchev–Trinajstić information content (AvgIpc) is 2.93. The minimum atomic E-state index is -1.81. The van der Waals surface area contributed by atoms with E-state index in [1.807, 2.05) is 26.0 Å². The number of carbonyl (C=O) groups excluding carboxylic acids is 3. The molecule has 1 fully saturated rings. The third-order valence-electron chi connectivity index (χ3n) is 5.42. The molecule has 1 aliphatic heterocycles. The molecule has 2 aromatic carbocycles. The van der Waals surface area contributed by atoms with Crippen LogP contribution in [0.15, 0.2) is 42.5 Å². The Morgan fingerprint density at radius 3 is 2.60 bits per heavy atom. The van der Waals surface area contributed by atoms with Crippen LogP contribution in [0.4, 0.5) is 19.3 Å². The Morgan fingerprint density at radius 2 is 1.90 bits per heavy atom. The number of hydrogen-bond donors (Lipinski definition) is 2. The highest BCUT2D eigenvalue weighted by Crippen LogP contribution is 2.31. The summed E-state index contributed by atoms with van der Waals surface area (Å²) in [4.78, 5) is 38.5. The molecule has 0 radical (unpaired) electrons. The number of nitrogens with one attached hydrogen (secondary N) is 2. The van der Waals surface area contributed by atoms with Gasteiger partial charge in [0.1, 0.15) is 23.7 Å². The molecule has 0 saturated carbocycles. The fourth-order valence-electron chi connectivity index (χ4n) is 3.50. The minimum Gasteiger partial charge on any atom is -0.324 e. The summed E-state index contributed by atoms with van der Waals surface area (Å²) in [6, 6.07) is 9.11. The zero-order chi connectivity index (χ0) is 22.1. The van der Waals surface area contributed by atoms with E-state index in [1.54, 1.807) is 12.1 Å². The zero-order valence-electron chi connectivity index (χ0n) is 17.0. The topological polar surface area (TPSA) is 78.5 Å². The van der Waals surface area contributed by atoms with Crippen molar-refractivity contribution in [1.82, 2.24) is 10.2 Å². The predicted molar refractivity (Wildman–Crippen MR) is 108 cm³/mol. The Hall–Kier alpha value is -3.29. The van der Waals surface area contributed by atoms with Crippen LogP contribution >= 0.6 is 0 Å². The van der Waals surface area contributed by atoms with Gasteiger partial charge in [0.25, 0.3) is 5.91 Å². The lowest BCUT2D eigenvalue weighted by Gasteiger charge is -2.23. The van der Waals surface area contributed by atoms with Crippen molar-refractivity contribution < 1.29 is 23.2 Å². The number of nitrogens with zero attached hydrogens (tertiary/aromatic N) is 1. The van der Waals surface area contributed by atoms with E-state index in [9.17, 15) is 23.2 Å². The van der Waals surface area contributed by atoms with Crippen LogP contribution in [-0.4, -0.2) is 29.3 Å². The SMILES string of the molecule is CC[C@@H](C)c1ccccc1NC(=O)CN1C(=O)N[C@@](C)(c2cc(F)ccc2F)C1=O. The van der Waals surface area contributed by atoms with Crippen LogP contribution in [0.3, 0.4) is 0 Å². The highest BCUT2D eigenvalue weighted by molar-refractivity contribution is 6.10. The molecule has 2 aromatic rings. The van der Waals surface area contributed by atoms with Crippen molar-refractivity contribution >= 4 is 23.5 Å². The summed E-state index contributed by atoms with van der Waals surface area (Å²) in [5, 5.41) is 5.11. The molecule has 1 saturated heterocycles. The first kappa shape index (κ1) is 21.4. The lowest BCUT2D eigenvalue weighted by Crippen LogP contribution is -2.42. The number of carbonyl (C=O) groups is 3. The molecule has 4 amide bonds. The molecule has 8 heteroatoms. The summed E-state index contributed by atoms with van der Waals surface area (Å²) < 4.78 is 27.8. The largest absolute Gasteiger partial charge is 0.325 e. The lowest BCUT2D eigenvalue weighted by atomic mass is 9.91. The molecule has 0 spiro atoms. The number of hydrogen-bond acceptors (Lipinski definition) is 3. The van der Waals surface area contributed by atoms with Gasteiger partial charge in [-0.2, -0.15) is 0 Å². The molecule has 0 aliphatic carbocycles. The summed E-state index contributed by atoms with van der Waals surface area (Å²) in [7, 11) is 0. The van der Waals surface area contributed by atoms with Crippen molar-refractivity contribution in [2.75, 3.05) is 11.9 Å². The van der Waals surface area contributed by atoms with E-state index >= 15 is 0 Å². The van der Waals surface area contributed by atoms with E-state index in [0.29, 0.717) is 10.6 Å². The van der Waals surface area contributed by atoms with E-state index in [4.69, 9.17) is 0 Å². The fraction of sp³-hybridized carbons (Fsp3) is 0.318. The second-order valence-electron chi connectivity index (χ2n) is 7.52. The molecule has 3 rings (SSSR count). The Bertz CT molecular complexity index is 1010. The molecule has 2 atom stereocenters. The summed E-state index contributed by atoms with van der Waals surface area (Å²) >= 11 is 0. The van der Waals surface area contributed by atoms with Crippen LogP contribution < -0.4 is 10.6 Å². The smallest absolute Gasteiger partial charge is 0.324 e. The third-order valence-corrected chi connectivity index (χ3v) is 5.42. The van der Waals surface area contributed by atoms with E-state index in [1.165, 1.54) is 6.92 Å². The molecule has 158 valence electrons. The van der Waals surface area contributed by atoms with Gasteiger partial charge in [0.2, 0.25) is 5.91 Å². The quantitative estimate of drug-likeness (QED) is 0.703. The van der Waals surface area contributed by atoms with E-state index in [0.717, 1.165) is 30.2 Å². The predicted octanol–water partition coefficient (Wildman–Crippen LogP) is 3.88. The molecule has 2 N–H and O–H groups in total. The van der Waals surface area contributed by atoms with Gasteiger partial charge in [0.05, 0.1) is 0 Å². The van der Waals surface area contributed by atoms with Crippen LogP contribution in [0.25, 0.3) is 0 Å². The van der Waals surface area contributed by atoms with Crippen molar-refractivity contribution in [2.24, 2.45) is 0 Å². The Morgan fingerprint density at radius 1 is 1.20 bits per heavy atom. The van der Waals surface area contributed by atoms with Gasteiger partial charge in [0.15, 0.2) is 0 Å². The number of anilines is 1. The summed E-state index contributed by atoms with van der Waals surface area (Å²) in [6.07, 6.45) is 0.872. The van der Waals surface area contributed by atoms with Gasteiger partial charge < -0.3 is 10.6 Å². The molecule has 0 unspecified atom stereocenters. The standard InChI is InChI=1S/C22H23F2N3O3/c1-4-13(2)15-7-5-6-8-18(15)25-19(28)12-27-20(29)22(3,26-21(27)30)16-11-14(23)9-10-17(16)24/h5-11,13H,4,12H2,1-3H3,(H,25,28)(H,26,30)/t13-,22+/m1/s1. The fourth-order valence-corrected chi connectivity index (χ4v) is 3.50. The molecule has 6 nitrogen and oxygen atoms in total. The first-order valence-electron chi connectivity index (χ1n) is 9.65. The van der Waals surface area contributed by atoms with Crippen molar-refractivity contribution in [3.8, 4) is 0 Å². The van der Waals surface area contributed by atoms with Crippen molar-refractivity contribution in [2.45, 2.75) is 38.6 Å². The molecule has 1 aliphatic rings. The van der Waals surface area contributed by atoms with E-state index in [2.05, 4.69) is 10.6 Å². The number of imide groups is 1. The van der Waals surface area contributed by atoms with Gasteiger partial charge in [-0.25, -0.2) is 13.6 Å². The summed E-state index contributed by atoms with van der Waals surface area (Å²) in [6.45, 7) is 4.79. The van der Waals surface area contributed by atoms with Gasteiger partial charge >= 0.3 is 6.03 Å². The second kappa shape index (κ2) is 8.22. The molecule has 0 bridgehead atoms. The van der Waals surface area contributed by atoms with Crippen LogP contribution in [-0.2, 0) is 15.1 Å². The minimum absolute atomic E-state index is 0.206.